The van der Waals surface area contributed by atoms with Crippen LogP contribution in [0.4, 0.5) is 5.69 Å². The van der Waals surface area contributed by atoms with Crippen LogP contribution in [0.2, 0.25) is 0 Å². The van der Waals surface area contributed by atoms with E-state index in [9.17, 15) is 4.79 Å². The zero-order chi connectivity index (χ0) is 16.9. The Balaban J connectivity index is 1.71. The second-order valence-corrected chi connectivity index (χ2v) is 5.69. The molecule has 0 atom stereocenters. The molecule has 118 valence electrons. The molecular formula is C20H15NO2S. The molecule has 0 spiro atoms. The summed E-state index contributed by atoms with van der Waals surface area (Å²) in [4.78, 5) is 11.4. The Hall–Kier alpha value is -2.98. The molecule has 3 nitrogen and oxygen atoms in total. The molecule has 3 rings (SSSR count). The van der Waals surface area contributed by atoms with Gasteiger partial charge < -0.3 is 10.4 Å². The van der Waals surface area contributed by atoms with Crippen molar-refractivity contribution in [3.05, 3.63) is 90.0 Å². The van der Waals surface area contributed by atoms with E-state index in [0.717, 1.165) is 22.4 Å². The van der Waals surface area contributed by atoms with Crippen LogP contribution in [0.25, 0.3) is 11.1 Å². The molecule has 0 fully saturated rings. The first-order chi connectivity index (χ1) is 11.6. The molecule has 0 aliphatic rings. The fourth-order valence-corrected chi connectivity index (χ4v) is 2.60. The van der Waals surface area contributed by atoms with Gasteiger partial charge in [0.25, 0.3) is 0 Å². The maximum Gasteiger partial charge on any atom is 0.335 e. The van der Waals surface area contributed by atoms with Crippen molar-refractivity contribution in [1.82, 2.24) is 0 Å². The van der Waals surface area contributed by atoms with E-state index in [1.54, 1.807) is 24.3 Å². The third-order valence-electron chi connectivity index (χ3n) is 3.64. The summed E-state index contributed by atoms with van der Waals surface area (Å²) in [5.74, 6) is -0.947. The van der Waals surface area contributed by atoms with E-state index < -0.39 is 5.97 Å². The molecule has 0 radical (unpaired) electrons. The summed E-state index contributed by atoms with van der Waals surface area (Å²) in [6.45, 7) is 0. The number of hydrogen-bond donors (Lipinski definition) is 2. The molecule has 0 amide bonds. The van der Waals surface area contributed by atoms with E-state index in [1.165, 1.54) is 0 Å². The van der Waals surface area contributed by atoms with Crippen molar-refractivity contribution in [3.8, 4) is 11.1 Å². The predicted molar refractivity (Wildman–Crippen MR) is 101 cm³/mol. The molecule has 3 aromatic carbocycles. The largest absolute Gasteiger partial charge is 0.478 e. The highest BCUT2D eigenvalue weighted by Gasteiger charge is 2.05. The summed E-state index contributed by atoms with van der Waals surface area (Å²) in [5.41, 5.74) is 4.21. The van der Waals surface area contributed by atoms with Crippen molar-refractivity contribution in [3.63, 3.8) is 0 Å². The molecule has 0 aromatic heterocycles. The van der Waals surface area contributed by atoms with Crippen LogP contribution in [0.15, 0.2) is 78.9 Å². The van der Waals surface area contributed by atoms with Crippen molar-refractivity contribution in [2.45, 2.75) is 0 Å². The lowest BCUT2D eigenvalue weighted by Gasteiger charge is -2.09. The first-order valence-corrected chi connectivity index (χ1v) is 7.84. The fourth-order valence-electron chi connectivity index (χ4n) is 2.34. The van der Waals surface area contributed by atoms with Gasteiger partial charge in [0.05, 0.1) is 5.56 Å². The van der Waals surface area contributed by atoms with Crippen LogP contribution >= 0.6 is 12.2 Å². The molecule has 0 unspecified atom stereocenters. The van der Waals surface area contributed by atoms with Gasteiger partial charge in [-0.2, -0.15) is 0 Å². The smallest absolute Gasteiger partial charge is 0.335 e. The quantitative estimate of drug-likeness (QED) is 0.671. The molecule has 24 heavy (non-hydrogen) atoms. The average molecular weight is 333 g/mol. The summed E-state index contributed by atoms with van der Waals surface area (Å²) in [5, 5.41) is 12.1. The Kier molecular flexibility index (Phi) is 4.68. The molecule has 0 saturated carbocycles. The third kappa shape index (κ3) is 3.67. The number of aromatic carboxylic acids is 1. The number of benzene rings is 3. The van der Waals surface area contributed by atoms with E-state index in [0.29, 0.717) is 4.99 Å². The number of anilines is 1. The number of nitrogens with one attached hydrogen (secondary N) is 1. The number of hydrogen-bond acceptors (Lipinski definition) is 2. The number of carbonyl (C=O) groups is 1. The average Bonchev–Trinajstić information content (AvgIpc) is 2.63. The van der Waals surface area contributed by atoms with E-state index in [-0.39, 0.29) is 5.56 Å². The van der Waals surface area contributed by atoms with E-state index in [2.05, 4.69) is 17.4 Å². The fraction of sp³-hybridized carbons (Fsp3) is 0. The lowest BCUT2D eigenvalue weighted by atomic mass is 10.1. The number of thiocarbonyl (C=S) groups is 1. The van der Waals surface area contributed by atoms with Crippen molar-refractivity contribution in [1.29, 1.82) is 0 Å². The Bertz CT molecular complexity index is 856. The van der Waals surface area contributed by atoms with Crippen molar-refractivity contribution >= 4 is 28.9 Å². The van der Waals surface area contributed by atoms with E-state index in [1.807, 2.05) is 42.5 Å². The lowest BCUT2D eigenvalue weighted by molar-refractivity contribution is 0.0697. The third-order valence-corrected chi connectivity index (χ3v) is 3.98. The van der Waals surface area contributed by atoms with Gasteiger partial charge >= 0.3 is 5.97 Å². The lowest BCUT2D eigenvalue weighted by Crippen LogP contribution is -2.10. The minimum atomic E-state index is -0.947. The van der Waals surface area contributed by atoms with E-state index >= 15 is 0 Å². The molecule has 0 aliphatic carbocycles. The highest BCUT2D eigenvalue weighted by Crippen LogP contribution is 2.21. The molecule has 4 heteroatoms. The maximum atomic E-state index is 10.9. The molecule has 2 N–H and O–H groups in total. The molecule has 0 bridgehead atoms. The minimum Gasteiger partial charge on any atom is -0.478 e. The van der Waals surface area contributed by atoms with Crippen molar-refractivity contribution in [2.24, 2.45) is 0 Å². The van der Waals surface area contributed by atoms with Crippen molar-refractivity contribution < 1.29 is 9.90 Å². The zero-order valence-electron chi connectivity index (χ0n) is 12.8. The van der Waals surface area contributed by atoms with Gasteiger partial charge in [-0.15, -0.1) is 0 Å². The first kappa shape index (κ1) is 15.9. The summed E-state index contributed by atoms with van der Waals surface area (Å²) < 4.78 is 0. The zero-order valence-corrected chi connectivity index (χ0v) is 13.6. The molecule has 0 aliphatic heterocycles. The monoisotopic (exact) mass is 333 g/mol. The van der Waals surface area contributed by atoms with Crippen LogP contribution in [0.1, 0.15) is 15.9 Å². The van der Waals surface area contributed by atoms with E-state index in [4.69, 9.17) is 17.3 Å². The van der Waals surface area contributed by atoms with Gasteiger partial charge in [-0.25, -0.2) is 4.79 Å². The summed E-state index contributed by atoms with van der Waals surface area (Å²) >= 11 is 5.38. The second kappa shape index (κ2) is 7.06. The molecule has 0 saturated heterocycles. The van der Waals surface area contributed by atoms with Crippen LogP contribution in [-0.2, 0) is 0 Å². The van der Waals surface area contributed by atoms with Crippen LogP contribution in [0, 0.1) is 0 Å². The Morgan fingerprint density at radius 1 is 0.750 bits per heavy atom. The van der Waals surface area contributed by atoms with Gasteiger partial charge in [0, 0.05) is 11.3 Å². The van der Waals surface area contributed by atoms with Crippen molar-refractivity contribution in [2.75, 3.05) is 5.32 Å². The van der Waals surface area contributed by atoms with Gasteiger partial charge in [0.2, 0.25) is 0 Å². The standard InChI is InChI=1S/C20H15NO2S/c22-20(23)17-8-6-16(7-9-17)19(24)21-18-12-10-15(11-13-18)14-4-2-1-3-5-14/h1-13H,(H,21,24)(H,22,23). The Labute approximate surface area is 145 Å². The first-order valence-electron chi connectivity index (χ1n) is 7.44. The van der Waals surface area contributed by atoms with Crippen LogP contribution in [0.5, 0.6) is 0 Å². The predicted octanol–water partition coefficient (Wildman–Crippen LogP) is 4.84. The van der Waals surface area contributed by atoms with Crippen LogP contribution in [-0.4, -0.2) is 16.1 Å². The maximum absolute atomic E-state index is 10.9. The normalized spacial score (nSPS) is 10.2. The number of rotatable bonds is 4. The highest BCUT2D eigenvalue weighted by molar-refractivity contribution is 7.81. The molecular weight excluding hydrogens is 318 g/mol. The van der Waals surface area contributed by atoms with Gasteiger partial charge in [-0.3, -0.25) is 0 Å². The minimum absolute atomic E-state index is 0.244. The summed E-state index contributed by atoms with van der Waals surface area (Å²) in [6.07, 6.45) is 0. The Morgan fingerprint density at radius 2 is 1.29 bits per heavy atom. The second-order valence-electron chi connectivity index (χ2n) is 5.28. The topological polar surface area (TPSA) is 49.3 Å². The van der Waals surface area contributed by atoms with Crippen LogP contribution in [0.3, 0.4) is 0 Å². The van der Waals surface area contributed by atoms with Gasteiger partial charge in [-0.1, -0.05) is 66.8 Å². The van der Waals surface area contributed by atoms with Gasteiger partial charge in [-0.05, 0) is 35.4 Å². The molecule has 3 aromatic rings. The summed E-state index contributed by atoms with van der Waals surface area (Å²) in [7, 11) is 0. The molecule has 0 heterocycles. The van der Waals surface area contributed by atoms with Crippen LogP contribution < -0.4 is 5.32 Å². The number of carboxylic acids is 1. The number of carboxylic acid groups (broad SMARTS) is 1. The SMILES string of the molecule is O=C(O)c1ccc(C(=S)Nc2ccc(-c3ccccc3)cc2)cc1. The Morgan fingerprint density at radius 3 is 1.88 bits per heavy atom. The van der Waals surface area contributed by atoms with Gasteiger partial charge in [0.15, 0.2) is 0 Å². The summed E-state index contributed by atoms with van der Waals surface area (Å²) in [6, 6.07) is 24.7. The van der Waals surface area contributed by atoms with Gasteiger partial charge in [0.1, 0.15) is 4.99 Å². The highest BCUT2D eigenvalue weighted by atomic mass is 32.1.